The van der Waals surface area contributed by atoms with Crippen molar-refractivity contribution in [3.8, 4) is 17.2 Å². The number of fused-ring (bicyclic) bond motifs is 1. The Morgan fingerprint density at radius 1 is 1.14 bits per heavy atom. The number of H-pyrrole nitrogens is 1. The van der Waals surface area contributed by atoms with E-state index in [0.717, 1.165) is 16.9 Å². The van der Waals surface area contributed by atoms with Crippen molar-refractivity contribution in [3.63, 3.8) is 0 Å². The van der Waals surface area contributed by atoms with Gasteiger partial charge in [-0.1, -0.05) is 23.9 Å². The largest absolute Gasteiger partial charge is 0.494 e. The first-order chi connectivity index (χ1) is 13.6. The molecular formula is C20H18N4O3S. The van der Waals surface area contributed by atoms with E-state index in [0.29, 0.717) is 40.2 Å². The summed E-state index contributed by atoms with van der Waals surface area (Å²) in [7, 11) is 0. The second kappa shape index (κ2) is 7.85. The third kappa shape index (κ3) is 3.77. The second-order valence-corrected chi connectivity index (χ2v) is 7.03. The lowest BCUT2D eigenvalue weighted by atomic mass is 10.1. The minimum absolute atomic E-state index is 0.148. The molecule has 2 aromatic heterocycles. The Hall–Kier alpha value is -3.13. The van der Waals surface area contributed by atoms with E-state index in [2.05, 4.69) is 20.2 Å². The molecule has 1 N–H and O–H groups in total. The molecule has 0 unspecified atom stereocenters. The molecule has 0 aliphatic carbocycles. The van der Waals surface area contributed by atoms with E-state index >= 15 is 0 Å². The van der Waals surface area contributed by atoms with Crippen LogP contribution in [0.2, 0.25) is 0 Å². The topological polar surface area (TPSA) is 93.9 Å². The van der Waals surface area contributed by atoms with E-state index in [1.54, 1.807) is 6.07 Å². The van der Waals surface area contributed by atoms with E-state index in [-0.39, 0.29) is 5.56 Å². The number of rotatable bonds is 6. The first-order valence-corrected chi connectivity index (χ1v) is 9.80. The molecule has 2 heterocycles. The zero-order chi connectivity index (χ0) is 19.5. The fourth-order valence-corrected chi connectivity index (χ4v) is 3.43. The second-order valence-electron chi connectivity index (χ2n) is 6.10. The highest BCUT2D eigenvalue weighted by atomic mass is 32.2. The van der Waals surface area contributed by atoms with Crippen molar-refractivity contribution in [1.29, 1.82) is 0 Å². The molecule has 0 saturated heterocycles. The van der Waals surface area contributed by atoms with Crippen molar-refractivity contribution in [2.75, 3.05) is 6.61 Å². The predicted molar refractivity (Wildman–Crippen MR) is 108 cm³/mol. The first-order valence-electron chi connectivity index (χ1n) is 8.82. The standard InChI is InChI=1S/C20H18N4O3S/c1-3-26-14-9-7-13(8-10-14)19-23-24-20(27-19)28-11-16-21-17-12(2)5-4-6-15(17)18(25)22-16/h4-10H,3,11H2,1-2H3,(H,21,22,25). The number of ether oxygens (including phenoxy) is 1. The van der Waals surface area contributed by atoms with Crippen LogP contribution in [0.4, 0.5) is 0 Å². The number of aryl methyl sites for hydroxylation is 1. The normalized spacial score (nSPS) is 11.1. The maximum atomic E-state index is 12.3. The molecule has 28 heavy (non-hydrogen) atoms. The average Bonchev–Trinajstić information content (AvgIpc) is 3.17. The van der Waals surface area contributed by atoms with Crippen molar-refractivity contribution in [2.45, 2.75) is 24.8 Å². The number of thioether (sulfide) groups is 1. The third-order valence-corrected chi connectivity index (χ3v) is 4.97. The van der Waals surface area contributed by atoms with Gasteiger partial charge in [0.2, 0.25) is 5.89 Å². The number of hydrogen-bond donors (Lipinski definition) is 1. The van der Waals surface area contributed by atoms with Crippen LogP contribution < -0.4 is 10.3 Å². The van der Waals surface area contributed by atoms with Crippen molar-refractivity contribution >= 4 is 22.7 Å². The van der Waals surface area contributed by atoms with E-state index in [9.17, 15) is 4.79 Å². The smallest absolute Gasteiger partial charge is 0.277 e. The molecule has 8 heteroatoms. The van der Waals surface area contributed by atoms with Gasteiger partial charge in [-0.2, -0.15) is 0 Å². The highest BCUT2D eigenvalue weighted by Gasteiger charge is 2.11. The Labute approximate surface area is 165 Å². The van der Waals surface area contributed by atoms with Crippen LogP contribution in [0.5, 0.6) is 5.75 Å². The van der Waals surface area contributed by atoms with Gasteiger partial charge in [0.1, 0.15) is 11.6 Å². The minimum Gasteiger partial charge on any atom is -0.494 e. The van der Waals surface area contributed by atoms with E-state index < -0.39 is 0 Å². The summed E-state index contributed by atoms with van der Waals surface area (Å²) < 4.78 is 11.1. The van der Waals surface area contributed by atoms with Gasteiger partial charge in [-0.25, -0.2) is 4.98 Å². The number of aromatic amines is 1. The van der Waals surface area contributed by atoms with E-state index in [1.807, 2.05) is 50.2 Å². The summed E-state index contributed by atoms with van der Waals surface area (Å²) in [6.45, 7) is 4.49. The Morgan fingerprint density at radius 2 is 1.96 bits per heavy atom. The molecule has 7 nitrogen and oxygen atoms in total. The van der Waals surface area contributed by atoms with Crippen molar-refractivity contribution in [1.82, 2.24) is 20.2 Å². The van der Waals surface area contributed by atoms with Gasteiger partial charge in [-0.05, 0) is 49.7 Å². The average molecular weight is 394 g/mol. The van der Waals surface area contributed by atoms with Crippen LogP contribution in [0.1, 0.15) is 18.3 Å². The lowest BCUT2D eigenvalue weighted by molar-refractivity contribution is 0.340. The van der Waals surface area contributed by atoms with Gasteiger partial charge in [0.15, 0.2) is 0 Å². The molecule has 142 valence electrons. The zero-order valence-electron chi connectivity index (χ0n) is 15.4. The van der Waals surface area contributed by atoms with Crippen LogP contribution in [-0.4, -0.2) is 26.8 Å². The van der Waals surface area contributed by atoms with Crippen LogP contribution >= 0.6 is 11.8 Å². The first kappa shape index (κ1) is 18.2. The monoisotopic (exact) mass is 394 g/mol. The summed E-state index contributed by atoms with van der Waals surface area (Å²) >= 11 is 1.33. The lowest BCUT2D eigenvalue weighted by Crippen LogP contribution is -2.11. The van der Waals surface area contributed by atoms with Crippen molar-refractivity contribution < 1.29 is 9.15 Å². The number of nitrogens with zero attached hydrogens (tertiary/aromatic N) is 3. The van der Waals surface area contributed by atoms with E-state index in [4.69, 9.17) is 9.15 Å². The quantitative estimate of drug-likeness (QED) is 0.494. The molecule has 0 atom stereocenters. The molecule has 4 aromatic rings. The zero-order valence-corrected chi connectivity index (χ0v) is 16.2. The summed E-state index contributed by atoms with van der Waals surface area (Å²) in [5.74, 6) is 2.21. The van der Waals surface area contributed by atoms with Crippen LogP contribution in [-0.2, 0) is 5.75 Å². The molecular weight excluding hydrogens is 376 g/mol. The number of aromatic nitrogens is 4. The molecule has 0 radical (unpaired) electrons. The molecule has 0 fully saturated rings. The number of hydrogen-bond acceptors (Lipinski definition) is 7. The highest BCUT2D eigenvalue weighted by Crippen LogP contribution is 2.26. The summed E-state index contributed by atoms with van der Waals surface area (Å²) in [4.78, 5) is 19.6. The maximum absolute atomic E-state index is 12.3. The number of benzene rings is 2. The van der Waals surface area contributed by atoms with Gasteiger partial charge in [0, 0.05) is 5.56 Å². The lowest BCUT2D eigenvalue weighted by Gasteiger charge is -2.03. The van der Waals surface area contributed by atoms with Gasteiger partial charge in [-0.3, -0.25) is 4.79 Å². The highest BCUT2D eigenvalue weighted by molar-refractivity contribution is 7.98. The molecule has 0 aliphatic rings. The van der Waals surface area contributed by atoms with Crippen molar-refractivity contribution in [2.24, 2.45) is 0 Å². The van der Waals surface area contributed by atoms with Crippen molar-refractivity contribution in [3.05, 3.63) is 64.2 Å². The van der Waals surface area contributed by atoms with Crippen LogP contribution in [0.15, 0.2) is 56.9 Å². The molecule has 0 amide bonds. The molecule has 0 spiro atoms. The van der Waals surface area contributed by atoms with E-state index in [1.165, 1.54) is 11.8 Å². The molecule has 0 saturated carbocycles. The maximum Gasteiger partial charge on any atom is 0.277 e. The molecule has 4 rings (SSSR count). The van der Waals surface area contributed by atoms with Crippen LogP contribution in [0, 0.1) is 6.92 Å². The fraction of sp³-hybridized carbons (Fsp3) is 0.200. The third-order valence-electron chi connectivity index (χ3n) is 4.14. The summed E-state index contributed by atoms with van der Waals surface area (Å²) in [5, 5.41) is 9.15. The summed E-state index contributed by atoms with van der Waals surface area (Å²) in [5.41, 5.74) is 2.34. The molecule has 2 aromatic carbocycles. The number of nitrogens with one attached hydrogen (secondary N) is 1. The molecule has 0 bridgehead atoms. The summed E-state index contributed by atoms with van der Waals surface area (Å²) in [6, 6.07) is 13.0. The van der Waals surface area contributed by atoms with Crippen LogP contribution in [0.3, 0.4) is 0 Å². The van der Waals surface area contributed by atoms with Gasteiger partial charge in [0.05, 0.1) is 23.3 Å². The van der Waals surface area contributed by atoms with Gasteiger partial charge in [0.25, 0.3) is 10.8 Å². The Kier molecular flexibility index (Phi) is 5.12. The Balaban J connectivity index is 1.50. The van der Waals surface area contributed by atoms with Gasteiger partial charge in [-0.15, -0.1) is 10.2 Å². The predicted octanol–water partition coefficient (Wildman–Crippen LogP) is 3.97. The SMILES string of the molecule is CCOc1ccc(-c2nnc(SCc3nc4c(C)cccc4c(=O)[nH]3)o2)cc1. The minimum atomic E-state index is -0.148. The number of para-hydroxylation sites is 1. The van der Waals surface area contributed by atoms with Gasteiger partial charge >= 0.3 is 0 Å². The molecule has 0 aliphatic heterocycles. The Bertz CT molecular complexity index is 1170. The van der Waals surface area contributed by atoms with Gasteiger partial charge < -0.3 is 14.1 Å². The Morgan fingerprint density at radius 3 is 2.75 bits per heavy atom. The fourth-order valence-electron chi connectivity index (χ4n) is 2.80. The summed E-state index contributed by atoms with van der Waals surface area (Å²) in [6.07, 6.45) is 0. The van der Waals surface area contributed by atoms with Crippen LogP contribution in [0.25, 0.3) is 22.4 Å².